The molecule has 1 aliphatic heterocycles. The van der Waals surface area contributed by atoms with Crippen LogP contribution in [0.25, 0.3) is 0 Å². The van der Waals surface area contributed by atoms with E-state index in [4.69, 9.17) is 5.73 Å². The Morgan fingerprint density at radius 2 is 2.11 bits per heavy atom. The van der Waals surface area contributed by atoms with Crippen LogP contribution in [0.3, 0.4) is 0 Å². The topological polar surface area (TPSA) is 49.5 Å². The van der Waals surface area contributed by atoms with Gasteiger partial charge in [-0.25, -0.2) is 0 Å². The molecule has 0 spiro atoms. The molecule has 3 N–H and O–H groups in total. The van der Waals surface area contributed by atoms with Crippen molar-refractivity contribution in [3.8, 4) is 0 Å². The summed E-state index contributed by atoms with van der Waals surface area (Å²) in [4.78, 5) is 2.64. The van der Waals surface area contributed by atoms with Crippen molar-refractivity contribution in [3.05, 3.63) is 0 Å². The van der Waals surface area contributed by atoms with Crippen molar-refractivity contribution in [1.29, 1.82) is 0 Å². The van der Waals surface area contributed by atoms with E-state index in [0.717, 1.165) is 32.0 Å². The Balaban J connectivity index is 1.94. The molecule has 112 valence electrons. The highest BCUT2D eigenvalue weighted by molar-refractivity contribution is 4.91. The molecule has 0 radical (unpaired) electrons. The summed E-state index contributed by atoms with van der Waals surface area (Å²) in [6.45, 7) is 7.31. The molecular weight excluding hydrogens is 236 g/mol. The molecule has 1 saturated heterocycles. The van der Waals surface area contributed by atoms with Gasteiger partial charge in [0.15, 0.2) is 0 Å². The zero-order valence-electron chi connectivity index (χ0n) is 12.7. The molecule has 0 aromatic heterocycles. The highest BCUT2D eigenvalue weighted by Crippen LogP contribution is 2.36. The van der Waals surface area contributed by atoms with E-state index in [1.807, 2.05) is 6.92 Å². The number of nitrogens with zero attached hydrogens (tertiary/aromatic N) is 1. The molecule has 5 unspecified atom stereocenters. The van der Waals surface area contributed by atoms with Crippen LogP contribution in [0.4, 0.5) is 0 Å². The molecule has 19 heavy (non-hydrogen) atoms. The largest absolute Gasteiger partial charge is 0.393 e. The first-order chi connectivity index (χ1) is 9.15. The molecule has 3 nitrogen and oxygen atoms in total. The summed E-state index contributed by atoms with van der Waals surface area (Å²) < 4.78 is 0. The van der Waals surface area contributed by atoms with Crippen LogP contribution in [0.15, 0.2) is 0 Å². The number of rotatable bonds is 5. The van der Waals surface area contributed by atoms with E-state index in [9.17, 15) is 5.11 Å². The molecule has 0 aromatic rings. The first-order valence-electron chi connectivity index (χ1n) is 8.27. The van der Waals surface area contributed by atoms with Gasteiger partial charge in [0.1, 0.15) is 0 Å². The second-order valence-corrected chi connectivity index (χ2v) is 6.82. The minimum absolute atomic E-state index is 0.156. The summed E-state index contributed by atoms with van der Waals surface area (Å²) >= 11 is 0. The van der Waals surface area contributed by atoms with Crippen LogP contribution in [0.1, 0.15) is 52.4 Å². The highest BCUT2D eigenvalue weighted by Gasteiger charge is 2.37. The Morgan fingerprint density at radius 3 is 2.68 bits per heavy atom. The molecule has 0 aromatic carbocycles. The molecule has 1 saturated carbocycles. The first kappa shape index (κ1) is 15.3. The lowest BCUT2D eigenvalue weighted by Crippen LogP contribution is -2.46. The summed E-state index contributed by atoms with van der Waals surface area (Å²) in [5.74, 6) is 2.06. The number of nitrogens with two attached hydrogens (primary N) is 1. The molecule has 1 heterocycles. The van der Waals surface area contributed by atoms with E-state index in [1.54, 1.807) is 0 Å². The smallest absolute Gasteiger partial charge is 0.0552 e. The average Bonchev–Trinajstić information content (AvgIpc) is 2.88. The fraction of sp³-hybridized carbons (Fsp3) is 1.00. The molecular formula is C16H32N2O. The van der Waals surface area contributed by atoms with Crippen molar-refractivity contribution >= 4 is 0 Å². The standard InChI is InChI=1S/C16H32N2O/c1-3-4-13-5-6-14(10-17)16(9-13)18-8-7-15(11-18)12(2)19/h12-16,19H,3-11,17H2,1-2H3. The average molecular weight is 268 g/mol. The zero-order valence-corrected chi connectivity index (χ0v) is 12.7. The predicted octanol–water partition coefficient (Wildman–Crippen LogP) is 2.23. The summed E-state index contributed by atoms with van der Waals surface area (Å²) in [6.07, 6.45) is 7.70. The molecule has 2 aliphatic rings. The number of aliphatic hydroxyl groups is 1. The van der Waals surface area contributed by atoms with Crippen LogP contribution in [0, 0.1) is 17.8 Å². The lowest BCUT2D eigenvalue weighted by molar-refractivity contribution is 0.0801. The highest BCUT2D eigenvalue weighted by atomic mass is 16.3. The maximum absolute atomic E-state index is 9.78. The van der Waals surface area contributed by atoms with Crippen molar-refractivity contribution in [2.24, 2.45) is 23.5 Å². The van der Waals surface area contributed by atoms with Gasteiger partial charge in [-0.15, -0.1) is 0 Å². The summed E-state index contributed by atoms with van der Waals surface area (Å²) in [5, 5.41) is 9.78. The summed E-state index contributed by atoms with van der Waals surface area (Å²) in [5.41, 5.74) is 6.00. The molecule has 1 aliphatic carbocycles. The number of hydrogen-bond donors (Lipinski definition) is 2. The van der Waals surface area contributed by atoms with E-state index in [-0.39, 0.29) is 6.10 Å². The lowest BCUT2D eigenvalue weighted by Gasteiger charge is -2.41. The third-order valence-corrected chi connectivity index (χ3v) is 5.47. The van der Waals surface area contributed by atoms with E-state index in [1.165, 1.54) is 32.1 Å². The van der Waals surface area contributed by atoms with Crippen LogP contribution < -0.4 is 5.73 Å². The monoisotopic (exact) mass is 268 g/mol. The Kier molecular flexibility index (Phi) is 5.67. The second-order valence-electron chi connectivity index (χ2n) is 6.82. The van der Waals surface area contributed by atoms with Gasteiger partial charge in [-0.1, -0.05) is 26.2 Å². The molecule has 3 heteroatoms. The maximum atomic E-state index is 9.78. The van der Waals surface area contributed by atoms with Gasteiger partial charge in [-0.2, -0.15) is 0 Å². The molecule has 0 bridgehead atoms. The van der Waals surface area contributed by atoms with Gasteiger partial charge in [-0.05, 0) is 57.0 Å². The van der Waals surface area contributed by atoms with E-state index in [2.05, 4.69) is 11.8 Å². The van der Waals surface area contributed by atoms with Gasteiger partial charge < -0.3 is 10.8 Å². The van der Waals surface area contributed by atoms with Crippen molar-refractivity contribution in [3.63, 3.8) is 0 Å². The van der Waals surface area contributed by atoms with Crippen molar-refractivity contribution in [1.82, 2.24) is 4.90 Å². The Morgan fingerprint density at radius 1 is 1.32 bits per heavy atom. The Labute approximate surface area is 118 Å². The molecule has 0 amide bonds. The SMILES string of the molecule is CCCC1CCC(CN)C(N2CCC(C(C)O)C2)C1. The van der Waals surface area contributed by atoms with Crippen LogP contribution in [0.5, 0.6) is 0 Å². The summed E-state index contributed by atoms with van der Waals surface area (Å²) in [7, 11) is 0. The number of hydrogen-bond acceptors (Lipinski definition) is 3. The molecule has 2 rings (SSSR count). The Hall–Kier alpha value is -0.120. The van der Waals surface area contributed by atoms with Crippen LogP contribution in [0.2, 0.25) is 0 Å². The Bertz CT molecular complexity index is 269. The van der Waals surface area contributed by atoms with E-state index in [0.29, 0.717) is 17.9 Å². The van der Waals surface area contributed by atoms with Gasteiger partial charge >= 0.3 is 0 Å². The van der Waals surface area contributed by atoms with Gasteiger partial charge in [0.2, 0.25) is 0 Å². The normalized spacial score (nSPS) is 38.5. The lowest BCUT2D eigenvalue weighted by atomic mass is 9.76. The molecule has 2 fully saturated rings. The van der Waals surface area contributed by atoms with Crippen LogP contribution in [-0.4, -0.2) is 41.8 Å². The minimum Gasteiger partial charge on any atom is -0.393 e. The third kappa shape index (κ3) is 3.71. The van der Waals surface area contributed by atoms with Gasteiger partial charge in [-0.3, -0.25) is 4.90 Å². The number of likely N-dealkylation sites (tertiary alicyclic amines) is 1. The van der Waals surface area contributed by atoms with Gasteiger partial charge in [0.05, 0.1) is 6.10 Å². The zero-order chi connectivity index (χ0) is 13.8. The predicted molar refractivity (Wildman–Crippen MR) is 79.9 cm³/mol. The maximum Gasteiger partial charge on any atom is 0.0552 e. The van der Waals surface area contributed by atoms with Crippen LogP contribution >= 0.6 is 0 Å². The molecule has 5 atom stereocenters. The van der Waals surface area contributed by atoms with Crippen LogP contribution in [-0.2, 0) is 0 Å². The minimum atomic E-state index is -0.156. The van der Waals surface area contributed by atoms with Crippen molar-refractivity contribution in [2.75, 3.05) is 19.6 Å². The second kappa shape index (κ2) is 7.05. The fourth-order valence-electron chi connectivity index (χ4n) is 4.20. The number of aliphatic hydroxyl groups excluding tert-OH is 1. The first-order valence-corrected chi connectivity index (χ1v) is 8.27. The van der Waals surface area contributed by atoms with Crippen molar-refractivity contribution < 1.29 is 5.11 Å². The fourth-order valence-corrected chi connectivity index (χ4v) is 4.20. The van der Waals surface area contributed by atoms with Crippen molar-refractivity contribution in [2.45, 2.75) is 64.5 Å². The van der Waals surface area contributed by atoms with E-state index < -0.39 is 0 Å². The quantitative estimate of drug-likeness (QED) is 0.804. The van der Waals surface area contributed by atoms with Gasteiger partial charge in [0, 0.05) is 12.6 Å². The third-order valence-electron chi connectivity index (χ3n) is 5.47. The van der Waals surface area contributed by atoms with E-state index >= 15 is 0 Å². The summed E-state index contributed by atoms with van der Waals surface area (Å²) in [6, 6.07) is 0.680. The van der Waals surface area contributed by atoms with Gasteiger partial charge in [0.25, 0.3) is 0 Å².